The Hall–Kier alpha value is -1.56. The van der Waals surface area contributed by atoms with E-state index in [1.807, 2.05) is 0 Å². The summed E-state index contributed by atoms with van der Waals surface area (Å²) in [7, 11) is 0. The second-order valence-corrected chi connectivity index (χ2v) is 3.93. The van der Waals surface area contributed by atoms with Crippen molar-refractivity contribution < 1.29 is 9.59 Å². The lowest BCUT2D eigenvalue weighted by atomic mass is 10.2. The van der Waals surface area contributed by atoms with Gasteiger partial charge >= 0.3 is 0 Å². The van der Waals surface area contributed by atoms with Crippen LogP contribution in [0.4, 0.5) is 5.69 Å². The molecular formula is C11H15N3O2S. The van der Waals surface area contributed by atoms with Gasteiger partial charge in [0, 0.05) is 18.9 Å². The first-order chi connectivity index (χ1) is 8.04. The molecule has 1 rings (SSSR count). The summed E-state index contributed by atoms with van der Waals surface area (Å²) in [4.78, 5) is 26.8. The van der Waals surface area contributed by atoms with Crippen molar-refractivity contribution in [3.05, 3.63) is 24.0 Å². The van der Waals surface area contributed by atoms with Gasteiger partial charge < -0.3 is 10.6 Å². The first-order valence-corrected chi connectivity index (χ1v) is 5.78. The molecule has 0 saturated carbocycles. The Morgan fingerprint density at radius 1 is 1.53 bits per heavy atom. The molecule has 2 amide bonds. The Morgan fingerprint density at radius 2 is 2.24 bits per heavy atom. The second-order valence-electron chi connectivity index (χ2n) is 3.56. The number of carbonyl (C=O) groups excluding carboxylic acids is 2. The summed E-state index contributed by atoms with van der Waals surface area (Å²) in [5.41, 5.74) is 1.36. The van der Waals surface area contributed by atoms with Crippen LogP contribution in [0.5, 0.6) is 0 Å². The van der Waals surface area contributed by atoms with Crippen LogP contribution in [0.2, 0.25) is 0 Å². The maximum absolute atomic E-state index is 11.8. The van der Waals surface area contributed by atoms with E-state index in [4.69, 9.17) is 0 Å². The number of pyridine rings is 1. The number of nitrogens with one attached hydrogen (secondary N) is 2. The number of thiol groups is 1. The smallest absolute Gasteiger partial charge is 0.247 e. The van der Waals surface area contributed by atoms with Crippen molar-refractivity contribution in [2.24, 2.45) is 0 Å². The molecule has 92 valence electrons. The van der Waals surface area contributed by atoms with Crippen LogP contribution in [0.25, 0.3) is 0 Å². The fourth-order valence-corrected chi connectivity index (χ4v) is 1.53. The molecule has 0 aromatic carbocycles. The Labute approximate surface area is 105 Å². The van der Waals surface area contributed by atoms with Gasteiger partial charge in [-0.2, -0.15) is 12.6 Å². The zero-order valence-corrected chi connectivity index (χ0v) is 10.6. The molecule has 1 aromatic heterocycles. The number of amides is 2. The minimum atomic E-state index is -0.643. The van der Waals surface area contributed by atoms with E-state index in [1.54, 1.807) is 25.3 Å². The normalized spacial score (nSPS) is 11.7. The van der Waals surface area contributed by atoms with E-state index in [-0.39, 0.29) is 17.6 Å². The van der Waals surface area contributed by atoms with Crippen LogP contribution >= 0.6 is 12.6 Å². The van der Waals surface area contributed by atoms with Crippen molar-refractivity contribution in [1.29, 1.82) is 0 Å². The highest BCUT2D eigenvalue weighted by molar-refractivity contribution is 7.80. The van der Waals surface area contributed by atoms with Gasteiger partial charge in [0.25, 0.3) is 0 Å². The summed E-state index contributed by atoms with van der Waals surface area (Å²) in [6.07, 6.45) is 1.65. The van der Waals surface area contributed by atoms with Gasteiger partial charge in [0.15, 0.2) is 0 Å². The quantitative estimate of drug-likeness (QED) is 0.694. The zero-order valence-electron chi connectivity index (χ0n) is 9.73. The molecule has 0 bridgehead atoms. The second kappa shape index (κ2) is 6.24. The average Bonchev–Trinajstić information content (AvgIpc) is 2.28. The fourth-order valence-electron chi connectivity index (χ4n) is 1.28. The lowest BCUT2D eigenvalue weighted by Crippen LogP contribution is -2.44. The van der Waals surface area contributed by atoms with Crippen molar-refractivity contribution in [3.8, 4) is 0 Å². The van der Waals surface area contributed by atoms with Crippen LogP contribution in [0.1, 0.15) is 12.6 Å². The van der Waals surface area contributed by atoms with Crippen LogP contribution in [0.3, 0.4) is 0 Å². The van der Waals surface area contributed by atoms with Gasteiger partial charge in [-0.1, -0.05) is 0 Å². The Balaban J connectivity index is 2.71. The third-order valence-electron chi connectivity index (χ3n) is 2.14. The van der Waals surface area contributed by atoms with Gasteiger partial charge in [0.1, 0.15) is 6.04 Å². The SMILES string of the molecule is CC(=O)NC(CS)C(=O)Nc1cccnc1C. The number of aromatic nitrogens is 1. The molecule has 0 aliphatic rings. The fraction of sp³-hybridized carbons (Fsp3) is 0.364. The summed E-state index contributed by atoms with van der Waals surface area (Å²) in [6, 6.07) is 2.84. The summed E-state index contributed by atoms with van der Waals surface area (Å²) >= 11 is 4.03. The van der Waals surface area contributed by atoms with E-state index in [2.05, 4.69) is 28.2 Å². The highest BCUT2D eigenvalue weighted by Gasteiger charge is 2.18. The molecule has 17 heavy (non-hydrogen) atoms. The van der Waals surface area contributed by atoms with Crippen LogP contribution in [-0.4, -0.2) is 28.6 Å². The molecular weight excluding hydrogens is 238 g/mol. The maximum Gasteiger partial charge on any atom is 0.247 e. The molecule has 1 atom stereocenters. The standard InChI is InChI=1S/C11H15N3O2S/c1-7-9(4-3-5-12-7)14-11(16)10(6-17)13-8(2)15/h3-5,10,17H,6H2,1-2H3,(H,13,15)(H,14,16). The number of carbonyl (C=O) groups is 2. The van der Waals surface area contributed by atoms with E-state index in [9.17, 15) is 9.59 Å². The van der Waals surface area contributed by atoms with E-state index in [1.165, 1.54) is 6.92 Å². The molecule has 0 fully saturated rings. The Morgan fingerprint density at radius 3 is 2.76 bits per heavy atom. The van der Waals surface area contributed by atoms with Crippen molar-refractivity contribution in [2.45, 2.75) is 19.9 Å². The number of nitrogens with zero attached hydrogens (tertiary/aromatic N) is 1. The minimum Gasteiger partial charge on any atom is -0.344 e. The summed E-state index contributed by atoms with van der Waals surface area (Å²) < 4.78 is 0. The molecule has 1 unspecified atom stereocenters. The number of hydrogen-bond acceptors (Lipinski definition) is 4. The first kappa shape index (κ1) is 13.5. The Bertz CT molecular complexity index is 423. The zero-order chi connectivity index (χ0) is 12.8. The van der Waals surface area contributed by atoms with Gasteiger partial charge in [-0.05, 0) is 19.1 Å². The third kappa shape index (κ3) is 4.07. The summed E-state index contributed by atoms with van der Waals surface area (Å²) in [5, 5.41) is 5.22. The van der Waals surface area contributed by atoms with E-state index >= 15 is 0 Å². The van der Waals surface area contributed by atoms with Gasteiger partial charge in [0.2, 0.25) is 11.8 Å². The molecule has 1 heterocycles. The van der Waals surface area contributed by atoms with E-state index in [0.29, 0.717) is 5.69 Å². The van der Waals surface area contributed by atoms with Crippen LogP contribution in [0, 0.1) is 6.92 Å². The maximum atomic E-state index is 11.8. The van der Waals surface area contributed by atoms with Gasteiger partial charge in [-0.25, -0.2) is 0 Å². The predicted molar refractivity (Wildman–Crippen MR) is 69.1 cm³/mol. The average molecular weight is 253 g/mol. The number of rotatable bonds is 4. The lowest BCUT2D eigenvalue weighted by molar-refractivity contribution is -0.124. The molecule has 1 aromatic rings. The molecule has 0 saturated heterocycles. The number of aryl methyl sites for hydroxylation is 1. The van der Waals surface area contributed by atoms with Gasteiger partial charge in [-0.15, -0.1) is 0 Å². The van der Waals surface area contributed by atoms with Crippen molar-refractivity contribution in [1.82, 2.24) is 10.3 Å². The van der Waals surface area contributed by atoms with Crippen LogP contribution in [-0.2, 0) is 9.59 Å². The highest BCUT2D eigenvalue weighted by atomic mass is 32.1. The van der Waals surface area contributed by atoms with Crippen LogP contribution < -0.4 is 10.6 Å². The monoisotopic (exact) mass is 253 g/mol. The molecule has 0 aliphatic carbocycles. The van der Waals surface area contributed by atoms with Crippen molar-refractivity contribution >= 4 is 30.1 Å². The minimum absolute atomic E-state index is 0.241. The lowest BCUT2D eigenvalue weighted by Gasteiger charge is -2.15. The molecule has 2 N–H and O–H groups in total. The van der Waals surface area contributed by atoms with Crippen molar-refractivity contribution in [3.63, 3.8) is 0 Å². The third-order valence-corrected chi connectivity index (χ3v) is 2.51. The predicted octanol–water partition coefficient (Wildman–Crippen LogP) is 0.763. The molecule has 5 nitrogen and oxygen atoms in total. The number of anilines is 1. The molecule has 0 spiro atoms. The van der Waals surface area contributed by atoms with Crippen molar-refractivity contribution in [2.75, 3.05) is 11.1 Å². The van der Waals surface area contributed by atoms with E-state index < -0.39 is 6.04 Å². The van der Waals surface area contributed by atoms with Gasteiger partial charge in [0.05, 0.1) is 11.4 Å². The van der Waals surface area contributed by atoms with E-state index in [0.717, 1.165) is 5.69 Å². The summed E-state index contributed by atoms with van der Waals surface area (Å²) in [5.74, 6) is -0.321. The first-order valence-electron chi connectivity index (χ1n) is 5.15. The Kier molecular flexibility index (Phi) is 4.96. The topological polar surface area (TPSA) is 71.1 Å². The van der Waals surface area contributed by atoms with Crippen LogP contribution in [0.15, 0.2) is 18.3 Å². The molecule has 0 aliphatic heterocycles. The highest BCUT2D eigenvalue weighted by Crippen LogP contribution is 2.10. The van der Waals surface area contributed by atoms with Gasteiger partial charge in [-0.3, -0.25) is 14.6 Å². The molecule has 6 heteroatoms. The number of hydrogen-bond donors (Lipinski definition) is 3. The largest absolute Gasteiger partial charge is 0.344 e. The summed E-state index contributed by atoms with van der Waals surface area (Å²) in [6.45, 7) is 3.16. The molecule has 0 radical (unpaired) electrons.